The van der Waals surface area contributed by atoms with Crippen molar-refractivity contribution >= 4 is 21.6 Å². The van der Waals surface area contributed by atoms with Crippen molar-refractivity contribution in [1.29, 1.82) is 0 Å². The van der Waals surface area contributed by atoms with Gasteiger partial charge >= 0.3 is 0 Å². The second kappa shape index (κ2) is 6.99. The zero-order valence-corrected chi connectivity index (χ0v) is 12.3. The molecule has 0 amide bonds. The van der Waals surface area contributed by atoms with E-state index in [0.717, 1.165) is 16.6 Å². The molecule has 0 bridgehead atoms. The average molecular weight is 301 g/mol. The van der Waals surface area contributed by atoms with Crippen molar-refractivity contribution in [2.24, 2.45) is 5.73 Å². The van der Waals surface area contributed by atoms with E-state index >= 15 is 0 Å². The summed E-state index contributed by atoms with van der Waals surface area (Å²) in [5, 5.41) is 0. The molecule has 0 saturated carbocycles. The molecule has 0 aromatic heterocycles. The lowest BCUT2D eigenvalue weighted by Crippen LogP contribution is -2.36. The molecule has 3 nitrogen and oxygen atoms in total. The predicted molar refractivity (Wildman–Crippen MR) is 76.4 cm³/mol. The van der Waals surface area contributed by atoms with Crippen molar-refractivity contribution in [2.45, 2.75) is 26.4 Å². The molecule has 1 unspecified atom stereocenters. The molecule has 1 aromatic carbocycles. The van der Waals surface area contributed by atoms with E-state index in [9.17, 15) is 0 Å². The minimum atomic E-state index is 0.344. The molecule has 0 aliphatic carbocycles. The van der Waals surface area contributed by atoms with Crippen LogP contribution in [0, 0.1) is 0 Å². The summed E-state index contributed by atoms with van der Waals surface area (Å²) < 4.78 is 6.29. The highest BCUT2D eigenvalue weighted by Crippen LogP contribution is 2.25. The molecule has 0 heterocycles. The van der Waals surface area contributed by atoms with Crippen LogP contribution in [0.3, 0.4) is 0 Å². The summed E-state index contributed by atoms with van der Waals surface area (Å²) in [5.74, 6) is 0. The molecule has 0 fully saturated rings. The third-order valence-corrected chi connectivity index (χ3v) is 3.34. The number of hydrogen-bond acceptors (Lipinski definition) is 3. The van der Waals surface area contributed by atoms with Crippen LogP contribution in [-0.2, 0) is 11.3 Å². The van der Waals surface area contributed by atoms with Gasteiger partial charge in [-0.15, -0.1) is 0 Å². The van der Waals surface area contributed by atoms with Crippen LogP contribution in [0.5, 0.6) is 0 Å². The number of nitrogens with two attached hydrogens (primary N) is 1. The number of rotatable bonds is 6. The summed E-state index contributed by atoms with van der Waals surface area (Å²) in [6.07, 6.45) is 0. The molecule has 0 aliphatic heterocycles. The zero-order valence-electron chi connectivity index (χ0n) is 10.7. The van der Waals surface area contributed by atoms with E-state index in [-0.39, 0.29) is 0 Å². The van der Waals surface area contributed by atoms with E-state index in [2.05, 4.69) is 52.9 Å². The number of halogens is 1. The van der Waals surface area contributed by atoms with Crippen molar-refractivity contribution in [3.8, 4) is 0 Å². The number of anilines is 1. The number of benzene rings is 1. The van der Waals surface area contributed by atoms with Crippen molar-refractivity contribution in [1.82, 2.24) is 0 Å². The number of nitrogens with zero attached hydrogens (tertiary/aromatic N) is 1. The molecule has 4 heteroatoms. The van der Waals surface area contributed by atoms with Gasteiger partial charge in [0.05, 0.1) is 6.61 Å². The monoisotopic (exact) mass is 300 g/mol. The number of hydrogen-bond donors (Lipinski definition) is 1. The highest BCUT2D eigenvalue weighted by atomic mass is 79.9. The fourth-order valence-electron chi connectivity index (χ4n) is 2.05. The van der Waals surface area contributed by atoms with Crippen molar-refractivity contribution < 1.29 is 4.74 Å². The van der Waals surface area contributed by atoms with Crippen LogP contribution in [0.1, 0.15) is 19.4 Å². The SMILES string of the molecule is CCN(c1ccc(Br)cc1CN)C(C)COC. The van der Waals surface area contributed by atoms with Crippen LogP contribution >= 0.6 is 15.9 Å². The van der Waals surface area contributed by atoms with Gasteiger partial charge in [-0.25, -0.2) is 0 Å². The maximum atomic E-state index is 5.81. The third kappa shape index (κ3) is 3.69. The summed E-state index contributed by atoms with van der Waals surface area (Å²) in [5.41, 5.74) is 8.16. The quantitative estimate of drug-likeness (QED) is 0.878. The Kier molecular flexibility index (Phi) is 5.95. The van der Waals surface area contributed by atoms with Gasteiger partial charge in [0.25, 0.3) is 0 Å². The Bertz CT molecular complexity index is 357. The van der Waals surface area contributed by atoms with Crippen molar-refractivity contribution in [3.05, 3.63) is 28.2 Å². The molecule has 0 radical (unpaired) electrons. The minimum absolute atomic E-state index is 0.344. The van der Waals surface area contributed by atoms with Gasteiger partial charge in [-0.3, -0.25) is 0 Å². The molecule has 1 aromatic rings. The molecule has 0 aliphatic rings. The molecule has 0 spiro atoms. The Labute approximate surface area is 112 Å². The maximum absolute atomic E-state index is 5.81. The zero-order chi connectivity index (χ0) is 12.8. The Balaban J connectivity index is 3.02. The maximum Gasteiger partial charge on any atom is 0.0663 e. The lowest BCUT2D eigenvalue weighted by molar-refractivity contribution is 0.182. The van der Waals surface area contributed by atoms with Crippen LogP contribution in [0.2, 0.25) is 0 Å². The van der Waals surface area contributed by atoms with Crippen LogP contribution in [0.15, 0.2) is 22.7 Å². The molecule has 96 valence electrons. The molecule has 0 saturated heterocycles. The van der Waals surface area contributed by atoms with E-state index < -0.39 is 0 Å². The fraction of sp³-hybridized carbons (Fsp3) is 0.538. The topological polar surface area (TPSA) is 38.5 Å². The first-order valence-corrected chi connectivity index (χ1v) is 6.67. The molecule has 1 atom stereocenters. The molecule has 2 N–H and O–H groups in total. The van der Waals surface area contributed by atoms with Gasteiger partial charge in [0.1, 0.15) is 0 Å². The molecular weight excluding hydrogens is 280 g/mol. The normalized spacial score (nSPS) is 12.5. The third-order valence-electron chi connectivity index (χ3n) is 2.85. The second-order valence-electron chi connectivity index (χ2n) is 4.07. The summed E-state index contributed by atoms with van der Waals surface area (Å²) in [6.45, 7) is 6.52. The van der Waals surface area contributed by atoms with Crippen LogP contribution in [-0.4, -0.2) is 26.3 Å². The predicted octanol–water partition coefficient (Wildman–Crippen LogP) is 2.77. The first-order chi connectivity index (χ1) is 8.13. The second-order valence-corrected chi connectivity index (χ2v) is 4.98. The minimum Gasteiger partial charge on any atom is -0.383 e. The highest BCUT2D eigenvalue weighted by molar-refractivity contribution is 9.10. The number of likely N-dealkylation sites (N-methyl/N-ethyl adjacent to an activating group) is 1. The van der Waals surface area contributed by atoms with E-state index in [1.165, 1.54) is 5.69 Å². The Morgan fingerprint density at radius 3 is 2.71 bits per heavy atom. The van der Waals surface area contributed by atoms with Crippen LogP contribution < -0.4 is 10.6 Å². The standard InChI is InChI=1S/C13H21BrN2O/c1-4-16(10(2)9-17-3)13-6-5-12(14)7-11(13)8-15/h5-7,10H,4,8-9,15H2,1-3H3. The molecule has 17 heavy (non-hydrogen) atoms. The van der Waals surface area contributed by atoms with E-state index in [1.807, 2.05) is 0 Å². The van der Waals surface area contributed by atoms with Gasteiger partial charge < -0.3 is 15.4 Å². The van der Waals surface area contributed by atoms with Gasteiger partial charge in [-0.2, -0.15) is 0 Å². The van der Waals surface area contributed by atoms with E-state index in [4.69, 9.17) is 10.5 Å². The Hall–Kier alpha value is -0.580. The molecule has 1 rings (SSSR count). The Morgan fingerprint density at radius 2 is 2.18 bits per heavy atom. The first kappa shape index (κ1) is 14.5. The summed E-state index contributed by atoms with van der Waals surface area (Å²) >= 11 is 3.48. The van der Waals surface area contributed by atoms with Crippen LogP contribution in [0.25, 0.3) is 0 Å². The smallest absolute Gasteiger partial charge is 0.0663 e. The van der Waals surface area contributed by atoms with Crippen molar-refractivity contribution in [3.63, 3.8) is 0 Å². The highest BCUT2D eigenvalue weighted by Gasteiger charge is 2.15. The van der Waals surface area contributed by atoms with Gasteiger partial charge in [0.2, 0.25) is 0 Å². The number of ether oxygens (including phenoxy) is 1. The summed E-state index contributed by atoms with van der Waals surface area (Å²) in [7, 11) is 1.73. The van der Waals surface area contributed by atoms with Crippen molar-refractivity contribution in [2.75, 3.05) is 25.2 Å². The van der Waals surface area contributed by atoms with Gasteiger partial charge in [-0.1, -0.05) is 15.9 Å². The van der Waals surface area contributed by atoms with Gasteiger partial charge in [0.15, 0.2) is 0 Å². The van der Waals surface area contributed by atoms with E-state index in [1.54, 1.807) is 7.11 Å². The van der Waals surface area contributed by atoms with Gasteiger partial charge in [0, 0.05) is 36.4 Å². The van der Waals surface area contributed by atoms with E-state index in [0.29, 0.717) is 19.2 Å². The number of methoxy groups -OCH3 is 1. The fourth-order valence-corrected chi connectivity index (χ4v) is 2.46. The largest absolute Gasteiger partial charge is 0.383 e. The Morgan fingerprint density at radius 1 is 1.47 bits per heavy atom. The lowest BCUT2D eigenvalue weighted by Gasteiger charge is -2.31. The summed E-state index contributed by atoms with van der Waals surface area (Å²) in [4.78, 5) is 2.32. The average Bonchev–Trinajstić information content (AvgIpc) is 2.32. The van der Waals surface area contributed by atoms with Gasteiger partial charge in [-0.05, 0) is 37.6 Å². The summed E-state index contributed by atoms with van der Waals surface area (Å²) in [6, 6.07) is 6.59. The lowest BCUT2D eigenvalue weighted by atomic mass is 10.1. The molecular formula is C13H21BrN2O. The first-order valence-electron chi connectivity index (χ1n) is 5.88. The van der Waals surface area contributed by atoms with Crippen LogP contribution in [0.4, 0.5) is 5.69 Å².